The van der Waals surface area contributed by atoms with Gasteiger partial charge in [-0.3, -0.25) is 0 Å². The third kappa shape index (κ3) is 8.69. The van der Waals surface area contributed by atoms with Crippen LogP contribution in [0.15, 0.2) is 22.7 Å². The molecule has 0 aromatic carbocycles. The molecule has 0 spiro atoms. The molecule has 0 aliphatic carbocycles. The minimum Gasteiger partial charge on any atom is -0.444 e. The number of morpholine rings is 1. The minimum absolute atomic E-state index is 0.0803. The second-order valence-corrected chi connectivity index (χ2v) is 23.9. The van der Waals surface area contributed by atoms with Crippen LogP contribution in [0, 0.1) is 0 Å². The van der Waals surface area contributed by atoms with Crippen LogP contribution in [-0.2, 0) is 35.4 Å². The van der Waals surface area contributed by atoms with Crippen LogP contribution in [0.5, 0.6) is 0 Å². The van der Waals surface area contributed by atoms with Gasteiger partial charge in [0.2, 0.25) is 0 Å². The molecule has 1 amide bonds. The van der Waals surface area contributed by atoms with Crippen molar-refractivity contribution in [1.82, 2.24) is 29.4 Å². The first-order chi connectivity index (χ1) is 23.7. The van der Waals surface area contributed by atoms with Crippen LogP contribution in [0.1, 0.15) is 53.2 Å². The van der Waals surface area contributed by atoms with Gasteiger partial charge >= 0.3 is 6.09 Å². The lowest BCUT2D eigenvalue weighted by Gasteiger charge is -2.34. The average Bonchev–Trinajstić information content (AvgIpc) is 3.68. The van der Waals surface area contributed by atoms with Crippen LogP contribution < -0.4 is 4.90 Å². The molecule has 0 bridgehead atoms. The smallest absolute Gasteiger partial charge is 0.410 e. The molecule has 6 rings (SSSR count). The Morgan fingerprint density at radius 2 is 1.92 bits per heavy atom. The van der Waals surface area contributed by atoms with Gasteiger partial charge < -0.3 is 28.7 Å². The van der Waals surface area contributed by atoms with Crippen molar-refractivity contribution in [1.29, 1.82) is 0 Å². The highest BCUT2D eigenvalue weighted by atomic mass is 32.2. The SMILES string of the molecule is C[C@@H]1COCCN1c1cc(N=S2(=O)CCN(C(=O)OC(C)(C)C)CC2)c2c(n1)c(-c1ccnn1C1CCCCO1)nn2COCC[Si](C)(C)C. The molecule has 2 atom stereocenters. The summed E-state index contributed by atoms with van der Waals surface area (Å²) >= 11 is 0. The van der Waals surface area contributed by atoms with Gasteiger partial charge in [-0.05, 0) is 59.1 Å². The predicted molar refractivity (Wildman–Crippen MR) is 197 cm³/mol. The van der Waals surface area contributed by atoms with Gasteiger partial charge in [0, 0.05) is 64.7 Å². The number of ether oxygens (including phenoxy) is 4. The fraction of sp³-hybridized carbons (Fsp3) is 0.706. The molecule has 276 valence electrons. The Hall–Kier alpha value is -3.05. The molecule has 1 unspecified atom stereocenters. The summed E-state index contributed by atoms with van der Waals surface area (Å²) in [6.45, 7) is 18.5. The Morgan fingerprint density at radius 1 is 1.14 bits per heavy atom. The summed E-state index contributed by atoms with van der Waals surface area (Å²) in [5, 5.41) is 9.81. The summed E-state index contributed by atoms with van der Waals surface area (Å²) < 4.78 is 47.0. The van der Waals surface area contributed by atoms with E-state index in [-0.39, 0.29) is 30.5 Å². The Morgan fingerprint density at radius 3 is 2.60 bits per heavy atom. The van der Waals surface area contributed by atoms with Crippen LogP contribution >= 0.6 is 0 Å². The zero-order chi connectivity index (χ0) is 35.7. The molecule has 0 N–H and O–H groups in total. The van der Waals surface area contributed by atoms with E-state index < -0.39 is 29.5 Å². The number of aromatic nitrogens is 5. The first-order valence-corrected chi connectivity index (χ1v) is 23.5. The Bertz CT molecular complexity index is 1770. The third-order valence-electron chi connectivity index (χ3n) is 9.15. The number of pyridine rings is 1. The van der Waals surface area contributed by atoms with Gasteiger partial charge in [-0.25, -0.2) is 23.4 Å². The van der Waals surface area contributed by atoms with Gasteiger partial charge in [-0.15, -0.1) is 0 Å². The highest BCUT2D eigenvalue weighted by molar-refractivity contribution is 7.93. The number of carbonyl (C=O) groups is 1. The standard InChI is InChI=1S/C34H54N8O6SSi/c1-25-23-45-17-13-40(25)28-22-26(38-49(44)19-14-39(15-20-49)33(43)48-34(2,3)4)32-31(36-28)30(37-41(32)24-46-18-21-50(5,6)7)27-11-12-35-42(27)29-10-8-9-16-47-29/h11-12,22,25,29H,8-10,13-21,23-24H2,1-7H3/t25-,29?/m1/s1. The molecule has 3 aromatic rings. The summed E-state index contributed by atoms with van der Waals surface area (Å²) in [7, 11) is -4.07. The molecule has 50 heavy (non-hydrogen) atoms. The predicted octanol–water partition coefficient (Wildman–Crippen LogP) is 5.88. The van der Waals surface area contributed by atoms with Gasteiger partial charge in [-0.1, -0.05) is 19.6 Å². The number of fused-ring (bicyclic) bond motifs is 1. The molecular weight excluding hydrogens is 677 g/mol. The highest BCUT2D eigenvalue weighted by Gasteiger charge is 2.31. The molecule has 0 radical (unpaired) electrons. The van der Waals surface area contributed by atoms with Crippen molar-refractivity contribution < 1.29 is 28.0 Å². The number of anilines is 1. The number of rotatable bonds is 9. The second kappa shape index (κ2) is 14.9. The lowest BCUT2D eigenvalue weighted by Crippen LogP contribution is -2.45. The van der Waals surface area contributed by atoms with Crippen molar-refractivity contribution >= 4 is 46.4 Å². The zero-order valence-electron chi connectivity index (χ0n) is 30.7. The highest BCUT2D eigenvalue weighted by Crippen LogP contribution is 2.38. The van der Waals surface area contributed by atoms with E-state index in [4.69, 9.17) is 33.4 Å². The Labute approximate surface area is 297 Å². The minimum atomic E-state index is -2.75. The largest absolute Gasteiger partial charge is 0.444 e. The maximum absolute atomic E-state index is 14.5. The molecule has 3 fully saturated rings. The molecule has 0 saturated carbocycles. The molecule has 3 aromatic heterocycles. The molecule has 14 nitrogen and oxygen atoms in total. The molecule has 3 aliphatic rings. The quantitative estimate of drug-likeness (QED) is 0.194. The maximum Gasteiger partial charge on any atom is 0.410 e. The van der Waals surface area contributed by atoms with E-state index in [1.807, 2.05) is 42.3 Å². The first-order valence-electron chi connectivity index (χ1n) is 17.9. The van der Waals surface area contributed by atoms with E-state index in [0.717, 1.165) is 36.8 Å². The van der Waals surface area contributed by atoms with Crippen molar-refractivity contribution in [3.05, 3.63) is 18.3 Å². The Balaban J connectivity index is 1.46. The summed E-state index contributed by atoms with van der Waals surface area (Å²) in [6, 6.07) is 4.98. The first kappa shape index (κ1) is 36.7. The van der Waals surface area contributed by atoms with Gasteiger partial charge in [0.1, 0.15) is 40.6 Å². The van der Waals surface area contributed by atoms with Gasteiger partial charge in [0.25, 0.3) is 0 Å². The normalized spacial score (nSPS) is 21.8. The summed E-state index contributed by atoms with van der Waals surface area (Å²) in [4.78, 5) is 21.9. The zero-order valence-corrected chi connectivity index (χ0v) is 32.5. The van der Waals surface area contributed by atoms with Crippen LogP contribution in [0.2, 0.25) is 25.7 Å². The monoisotopic (exact) mass is 730 g/mol. The molecule has 6 heterocycles. The molecule has 16 heteroatoms. The number of amides is 1. The van der Waals surface area contributed by atoms with Crippen molar-refractivity contribution in [3.63, 3.8) is 0 Å². The lowest BCUT2D eigenvalue weighted by atomic mass is 10.1. The molecule has 3 saturated heterocycles. The third-order valence-corrected chi connectivity index (χ3v) is 13.0. The molecular formula is C34H54N8O6SSi. The van der Waals surface area contributed by atoms with E-state index in [0.29, 0.717) is 68.5 Å². The van der Waals surface area contributed by atoms with E-state index >= 15 is 0 Å². The van der Waals surface area contributed by atoms with E-state index in [9.17, 15) is 9.00 Å². The Kier molecular flexibility index (Phi) is 10.9. The van der Waals surface area contributed by atoms with Gasteiger partial charge in [-0.2, -0.15) is 14.6 Å². The summed E-state index contributed by atoms with van der Waals surface area (Å²) in [6.07, 6.45) is 4.13. The van der Waals surface area contributed by atoms with E-state index in [1.54, 1.807) is 11.1 Å². The fourth-order valence-corrected chi connectivity index (χ4v) is 9.03. The molecule has 3 aliphatic heterocycles. The lowest BCUT2D eigenvalue weighted by molar-refractivity contribution is -0.0384. The van der Waals surface area contributed by atoms with E-state index in [1.165, 1.54) is 0 Å². The van der Waals surface area contributed by atoms with Gasteiger partial charge in [0.15, 0.2) is 6.23 Å². The topological polar surface area (TPSA) is 138 Å². The van der Waals surface area contributed by atoms with Gasteiger partial charge in [0.05, 0.1) is 34.7 Å². The van der Waals surface area contributed by atoms with Crippen molar-refractivity contribution in [2.45, 2.75) is 97.2 Å². The second-order valence-electron chi connectivity index (χ2n) is 15.7. The fourth-order valence-electron chi connectivity index (χ4n) is 6.38. The number of hydrogen-bond donors (Lipinski definition) is 0. The van der Waals surface area contributed by atoms with Crippen molar-refractivity contribution in [2.24, 2.45) is 4.36 Å². The van der Waals surface area contributed by atoms with Crippen LogP contribution in [0.4, 0.5) is 16.3 Å². The van der Waals surface area contributed by atoms with Crippen LogP contribution in [0.3, 0.4) is 0 Å². The average molecular weight is 731 g/mol. The summed E-state index contributed by atoms with van der Waals surface area (Å²) in [5.41, 5.74) is 2.68. The van der Waals surface area contributed by atoms with Crippen LogP contribution in [0.25, 0.3) is 22.4 Å². The number of hydrogen-bond acceptors (Lipinski definition) is 11. The van der Waals surface area contributed by atoms with E-state index in [2.05, 4.69) is 36.6 Å². The number of nitrogens with zero attached hydrogens (tertiary/aromatic N) is 8. The maximum atomic E-state index is 14.5. The van der Waals surface area contributed by atoms with Crippen molar-refractivity contribution in [3.8, 4) is 11.4 Å². The summed E-state index contributed by atoms with van der Waals surface area (Å²) in [5.74, 6) is 1.19. The number of carbonyl (C=O) groups excluding carboxylic acids is 1. The van der Waals surface area contributed by atoms with Crippen molar-refractivity contribution in [2.75, 3.05) is 62.5 Å². The van der Waals surface area contributed by atoms with Crippen LogP contribution in [-0.4, -0.2) is 117 Å².